The van der Waals surface area contributed by atoms with Crippen LogP contribution in [0.4, 0.5) is 0 Å². The lowest BCUT2D eigenvalue weighted by molar-refractivity contribution is 0.0908. The maximum absolute atomic E-state index is 11.6. The monoisotopic (exact) mass is 181 g/mol. The van der Waals surface area contributed by atoms with Gasteiger partial charge in [-0.2, -0.15) is 4.98 Å². The highest BCUT2D eigenvalue weighted by molar-refractivity contribution is 5.96. The smallest absolute Gasteiger partial charge is 0.295 e. The SMILES string of the molecule is Cc1noc(C(=O)[C@@H]2CCCN2)n1. The van der Waals surface area contributed by atoms with Crippen molar-refractivity contribution < 1.29 is 9.32 Å². The van der Waals surface area contributed by atoms with Crippen LogP contribution in [0.15, 0.2) is 4.52 Å². The predicted molar refractivity (Wildman–Crippen MR) is 44.4 cm³/mol. The molecule has 5 nitrogen and oxygen atoms in total. The molecule has 1 aliphatic heterocycles. The second-order valence-corrected chi connectivity index (χ2v) is 3.16. The van der Waals surface area contributed by atoms with Gasteiger partial charge in [-0.15, -0.1) is 0 Å². The van der Waals surface area contributed by atoms with E-state index in [2.05, 4.69) is 15.5 Å². The summed E-state index contributed by atoms with van der Waals surface area (Å²) in [5, 5.41) is 6.66. The molecule has 1 aromatic heterocycles. The summed E-state index contributed by atoms with van der Waals surface area (Å²) in [6, 6.07) is -0.125. The molecule has 1 aromatic rings. The summed E-state index contributed by atoms with van der Waals surface area (Å²) in [6.45, 7) is 2.59. The number of hydrogen-bond acceptors (Lipinski definition) is 5. The maximum Gasteiger partial charge on any atom is 0.295 e. The molecule has 70 valence electrons. The molecule has 13 heavy (non-hydrogen) atoms. The molecular formula is C8H11N3O2. The third-order valence-corrected chi connectivity index (χ3v) is 2.12. The summed E-state index contributed by atoms with van der Waals surface area (Å²) < 4.78 is 4.79. The molecule has 0 bridgehead atoms. The average molecular weight is 181 g/mol. The first-order valence-electron chi connectivity index (χ1n) is 4.35. The van der Waals surface area contributed by atoms with Crippen LogP contribution in [0.1, 0.15) is 29.4 Å². The highest BCUT2D eigenvalue weighted by atomic mass is 16.5. The second-order valence-electron chi connectivity index (χ2n) is 3.16. The lowest BCUT2D eigenvalue weighted by Gasteiger charge is -2.03. The number of nitrogens with zero attached hydrogens (tertiary/aromatic N) is 2. The van der Waals surface area contributed by atoms with Crippen molar-refractivity contribution in [3.63, 3.8) is 0 Å². The molecule has 0 spiro atoms. The summed E-state index contributed by atoms with van der Waals surface area (Å²) >= 11 is 0. The van der Waals surface area contributed by atoms with Crippen LogP contribution in [0.3, 0.4) is 0 Å². The third-order valence-electron chi connectivity index (χ3n) is 2.12. The van der Waals surface area contributed by atoms with Crippen molar-refractivity contribution in [2.24, 2.45) is 0 Å². The van der Waals surface area contributed by atoms with Crippen LogP contribution < -0.4 is 5.32 Å². The molecule has 0 unspecified atom stereocenters. The third kappa shape index (κ3) is 1.60. The summed E-state index contributed by atoms with van der Waals surface area (Å²) in [6.07, 6.45) is 1.89. The van der Waals surface area contributed by atoms with Gasteiger partial charge in [0, 0.05) is 0 Å². The van der Waals surface area contributed by atoms with Gasteiger partial charge in [0.25, 0.3) is 5.89 Å². The zero-order chi connectivity index (χ0) is 9.26. The summed E-state index contributed by atoms with van der Waals surface area (Å²) in [4.78, 5) is 15.5. The Hall–Kier alpha value is -1.23. The number of carbonyl (C=O) groups excluding carboxylic acids is 1. The fourth-order valence-corrected chi connectivity index (χ4v) is 1.45. The van der Waals surface area contributed by atoms with Crippen molar-refractivity contribution in [2.75, 3.05) is 6.54 Å². The van der Waals surface area contributed by atoms with E-state index in [-0.39, 0.29) is 17.7 Å². The zero-order valence-electron chi connectivity index (χ0n) is 7.41. The Kier molecular flexibility index (Phi) is 2.10. The first-order valence-corrected chi connectivity index (χ1v) is 4.35. The van der Waals surface area contributed by atoms with Gasteiger partial charge in [-0.05, 0) is 26.3 Å². The molecule has 1 saturated heterocycles. The first kappa shape index (κ1) is 8.37. The molecule has 2 heterocycles. The molecule has 1 fully saturated rings. The van der Waals surface area contributed by atoms with Crippen molar-refractivity contribution in [2.45, 2.75) is 25.8 Å². The van der Waals surface area contributed by atoms with E-state index in [9.17, 15) is 4.79 Å². The molecule has 5 heteroatoms. The fourth-order valence-electron chi connectivity index (χ4n) is 1.45. The zero-order valence-corrected chi connectivity index (χ0v) is 7.41. The van der Waals surface area contributed by atoms with Crippen molar-refractivity contribution in [1.82, 2.24) is 15.5 Å². The van der Waals surface area contributed by atoms with E-state index in [0.717, 1.165) is 19.4 Å². The van der Waals surface area contributed by atoms with Crippen molar-refractivity contribution in [3.8, 4) is 0 Å². The Morgan fingerprint density at radius 3 is 3.08 bits per heavy atom. The minimum absolute atomic E-state index is 0.0851. The highest BCUT2D eigenvalue weighted by Crippen LogP contribution is 2.10. The normalized spacial score (nSPS) is 22.1. The van der Waals surface area contributed by atoms with Gasteiger partial charge in [0.2, 0.25) is 5.78 Å². The minimum Gasteiger partial charge on any atom is -0.331 e. The van der Waals surface area contributed by atoms with Gasteiger partial charge in [-0.1, -0.05) is 5.16 Å². The number of ketones is 1. The second kappa shape index (κ2) is 3.26. The fraction of sp³-hybridized carbons (Fsp3) is 0.625. The van der Waals surface area contributed by atoms with Crippen molar-refractivity contribution in [3.05, 3.63) is 11.7 Å². The molecule has 0 saturated carbocycles. The Morgan fingerprint density at radius 2 is 2.54 bits per heavy atom. The topological polar surface area (TPSA) is 68.0 Å². The molecule has 0 aromatic carbocycles. The van der Waals surface area contributed by atoms with Gasteiger partial charge < -0.3 is 9.84 Å². The summed E-state index contributed by atoms with van der Waals surface area (Å²) in [7, 11) is 0. The van der Waals surface area contributed by atoms with E-state index in [0.29, 0.717) is 5.82 Å². The first-order chi connectivity index (χ1) is 6.27. The number of nitrogens with one attached hydrogen (secondary N) is 1. The van der Waals surface area contributed by atoms with Crippen molar-refractivity contribution >= 4 is 5.78 Å². The van der Waals surface area contributed by atoms with Crippen molar-refractivity contribution in [1.29, 1.82) is 0 Å². The van der Waals surface area contributed by atoms with E-state index >= 15 is 0 Å². The Morgan fingerprint density at radius 1 is 1.69 bits per heavy atom. The molecular weight excluding hydrogens is 170 g/mol. The molecule has 0 aliphatic carbocycles. The largest absolute Gasteiger partial charge is 0.331 e. The van der Waals surface area contributed by atoms with Gasteiger partial charge in [0.1, 0.15) is 0 Å². The number of aryl methyl sites for hydroxylation is 1. The van der Waals surface area contributed by atoms with E-state index in [4.69, 9.17) is 4.52 Å². The quantitative estimate of drug-likeness (QED) is 0.665. The number of hydrogen-bond donors (Lipinski definition) is 1. The lowest BCUT2D eigenvalue weighted by Crippen LogP contribution is -2.30. The van der Waals surface area contributed by atoms with Crippen LogP contribution in [0, 0.1) is 6.92 Å². The summed E-state index contributed by atoms with van der Waals surface area (Å²) in [5.41, 5.74) is 0. The van der Waals surface area contributed by atoms with E-state index in [1.54, 1.807) is 6.92 Å². The molecule has 0 radical (unpaired) electrons. The van der Waals surface area contributed by atoms with Crippen LogP contribution in [-0.2, 0) is 0 Å². The summed E-state index contributed by atoms with van der Waals surface area (Å²) in [5.74, 6) is 0.538. The van der Waals surface area contributed by atoms with E-state index in [1.165, 1.54) is 0 Å². The number of Topliss-reactive ketones (excluding diaryl/α,β-unsaturated/α-hetero) is 1. The maximum atomic E-state index is 11.6. The van der Waals surface area contributed by atoms with Crippen LogP contribution in [-0.4, -0.2) is 28.5 Å². The predicted octanol–water partition coefficient (Wildman–Crippen LogP) is 0.313. The molecule has 0 amide bonds. The van der Waals surface area contributed by atoms with Gasteiger partial charge >= 0.3 is 0 Å². The van der Waals surface area contributed by atoms with E-state index in [1.807, 2.05) is 0 Å². The van der Waals surface area contributed by atoms with E-state index < -0.39 is 0 Å². The van der Waals surface area contributed by atoms with Gasteiger partial charge in [-0.25, -0.2) is 0 Å². The van der Waals surface area contributed by atoms with Crippen LogP contribution in [0.2, 0.25) is 0 Å². The minimum atomic E-state index is -0.125. The lowest BCUT2D eigenvalue weighted by atomic mass is 10.1. The van der Waals surface area contributed by atoms with Crippen LogP contribution >= 0.6 is 0 Å². The highest BCUT2D eigenvalue weighted by Gasteiger charge is 2.27. The van der Waals surface area contributed by atoms with Gasteiger partial charge in [-0.3, -0.25) is 4.79 Å². The molecule has 1 atom stereocenters. The van der Waals surface area contributed by atoms with Gasteiger partial charge in [0.05, 0.1) is 6.04 Å². The number of aromatic nitrogens is 2. The molecule has 1 aliphatic rings. The molecule has 1 N–H and O–H groups in total. The molecule has 2 rings (SSSR count). The Labute approximate surface area is 75.5 Å². The number of rotatable bonds is 2. The van der Waals surface area contributed by atoms with Crippen LogP contribution in [0.25, 0.3) is 0 Å². The van der Waals surface area contributed by atoms with Crippen LogP contribution in [0.5, 0.6) is 0 Å². The number of carbonyl (C=O) groups is 1. The average Bonchev–Trinajstić information content (AvgIpc) is 2.72. The Bertz CT molecular complexity index is 315. The van der Waals surface area contributed by atoms with Gasteiger partial charge in [0.15, 0.2) is 5.82 Å². The Balaban J connectivity index is 2.12. The standard InChI is InChI=1S/C8H11N3O2/c1-5-10-8(13-11-5)7(12)6-3-2-4-9-6/h6,9H,2-4H2,1H3/t6-/m0/s1.